The van der Waals surface area contributed by atoms with Crippen LogP contribution in [0.1, 0.15) is 34.6 Å². The van der Waals surface area contributed by atoms with Crippen molar-refractivity contribution in [3.05, 3.63) is 53.3 Å². The van der Waals surface area contributed by atoms with E-state index in [0.29, 0.717) is 24.8 Å². The van der Waals surface area contributed by atoms with Gasteiger partial charge in [0, 0.05) is 29.2 Å². The van der Waals surface area contributed by atoms with Gasteiger partial charge in [0.2, 0.25) is 0 Å². The molecule has 0 bridgehead atoms. The van der Waals surface area contributed by atoms with Crippen LogP contribution in [0.15, 0.2) is 41.3 Å². The number of likely N-dealkylation sites (tertiary alicyclic amines) is 1. The molecule has 29 heavy (non-hydrogen) atoms. The number of hydrogen-bond donors (Lipinski definition) is 1. The number of ether oxygens (including phenoxy) is 1. The van der Waals surface area contributed by atoms with Crippen molar-refractivity contribution in [3.8, 4) is 5.75 Å². The smallest absolute Gasteiger partial charge is 0.253 e. The van der Waals surface area contributed by atoms with E-state index in [1.165, 1.54) is 0 Å². The predicted octanol–water partition coefficient (Wildman–Crippen LogP) is 3.71. The molecule has 0 spiro atoms. The van der Waals surface area contributed by atoms with Crippen molar-refractivity contribution in [3.63, 3.8) is 0 Å². The van der Waals surface area contributed by atoms with Crippen LogP contribution in [0.5, 0.6) is 5.75 Å². The Morgan fingerprint density at radius 1 is 1.10 bits per heavy atom. The highest BCUT2D eigenvalue weighted by molar-refractivity contribution is 7.98. The minimum Gasteiger partial charge on any atom is -0.486 e. The molecule has 1 aromatic heterocycles. The SMILES string of the molecule is CSc1ccc(C(=O)N2C[C@H]3C[C@@H](Oc4ccc(C)nc4C)[C@H](O)C[C@H]3C2)cc1. The number of thioether (sulfide) groups is 1. The number of hydrogen-bond acceptors (Lipinski definition) is 5. The predicted molar refractivity (Wildman–Crippen MR) is 114 cm³/mol. The van der Waals surface area contributed by atoms with Crippen LogP contribution < -0.4 is 4.74 Å². The van der Waals surface area contributed by atoms with E-state index >= 15 is 0 Å². The normalized spacial score (nSPS) is 26.3. The van der Waals surface area contributed by atoms with Gasteiger partial charge in [0.15, 0.2) is 0 Å². The maximum atomic E-state index is 12.9. The monoisotopic (exact) mass is 412 g/mol. The molecule has 0 radical (unpaired) electrons. The second kappa shape index (κ2) is 8.36. The summed E-state index contributed by atoms with van der Waals surface area (Å²) < 4.78 is 6.15. The molecule has 2 heterocycles. The second-order valence-electron chi connectivity index (χ2n) is 8.19. The van der Waals surface area contributed by atoms with Crippen molar-refractivity contribution >= 4 is 17.7 Å². The number of amides is 1. The molecule has 1 N–H and O–H groups in total. The van der Waals surface area contributed by atoms with Crippen molar-refractivity contribution < 1.29 is 14.6 Å². The number of fused-ring (bicyclic) bond motifs is 1. The fourth-order valence-corrected chi connectivity index (χ4v) is 4.97. The van der Waals surface area contributed by atoms with E-state index in [1.54, 1.807) is 11.8 Å². The number of carbonyl (C=O) groups excluding carboxylic acids is 1. The van der Waals surface area contributed by atoms with Crippen LogP contribution >= 0.6 is 11.8 Å². The highest BCUT2D eigenvalue weighted by atomic mass is 32.2. The highest BCUT2D eigenvalue weighted by Gasteiger charge is 2.44. The van der Waals surface area contributed by atoms with Gasteiger partial charge in [0.25, 0.3) is 5.91 Å². The number of benzene rings is 1. The number of aliphatic hydroxyl groups is 1. The van der Waals surface area contributed by atoms with Crippen LogP contribution in [-0.4, -0.2) is 52.5 Å². The highest BCUT2D eigenvalue weighted by Crippen LogP contribution is 2.38. The van der Waals surface area contributed by atoms with Gasteiger partial charge in [0.1, 0.15) is 11.9 Å². The fourth-order valence-electron chi connectivity index (χ4n) is 4.56. The molecule has 1 aliphatic heterocycles. The Balaban J connectivity index is 1.42. The standard InChI is InChI=1S/C23H28N2O3S/c1-14-4-9-21(15(2)24-14)28-22-11-18-13-25(12-17(18)10-20(22)26)23(27)16-5-7-19(29-3)8-6-16/h4-9,17-18,20,22,26H,10-13H2,1-3H3/t17-,18+,20+,22+/m0/s1. The summed E-state index contributed by atoms with van der Waals surface area (Å²) in [7, 11) is 0. The molecule has 154 valence electrons. The maximum Gasteiger partial charge on any atom is 0.253 e. The van der Waals surface area contributed by atoms with Gasteiger partial charge in [-0.15, -0.1) is 11.8 Å². The lowest BCUT2D eigenvalue weighted by Gasteiger charge is -2.35. The van der Waals surface area contributed by atoms with Gasteiger partial charge < -0.3 is 14.7 Å². The van der Waals surface area contributed by atoms with Gasteiger partial charge in [-0.05, 0) is 81.2 Å². The first kappa shape index (κ1) is 20.2. The topological polar surface area (TPSA) is 62.7 Å². The summed E-state index contributed by atoms with van der Waals surface area (Å²) in [5.74, 6) is 1.50. The summed E-state index contributed by atoms with van der Waals surface area (Å²) in [6.45, 7) is 5.32. The van der Waals surface area contributed by atoms with Gasteiger partial charge in [-0.1, -0.05) is 0 Å². The van der Waals surface area contributed by atoms with Crippen molar-refractivity contribution in [2.45, 2.75) is 43.8 Å². The Kier molecular flexibility index (Phi) is 5.83. The lowest BCUT2D eigenvalue weighted by molar-refractivity contribution is -0.0236. The number of nitrogens with zero attached hydrogens (tertiary/aromatic N) is 2. The second-order valence-corrected chi connectivity index (χ2v) is 9.07. The van der Waals surface area contributed by atoms with Crippen LogP contribution in [0.25, 0.3) is 0 Å². The fraction of sp³-hybridized carbons (Fsp3) is 0.478. The van der Waals surface area contributed by atoms with Crippen LogP contribution in [0, 0.1) is 25.7 Å². The minimum absolute atomic E-state index is 0.0811. The number of rotatable bonds is 4. The summed E-state index contributed by atoms with van der Waals surface area (Å²) in [6, 6.07) is 11.7. The molecule has 1 amide bonds. The van der Waals surface area contributed by atoms with Crippen LogP contribution in [0.3, 0.4) is 0 Å². The van der Waals surface area contributed by atoms with Crippen LogP contribution in [0.4, 0.5) is 0 Å². The van der Waals surface area contributed by atoms with E-state index in [1.807, 2.05) is 61.4 Å². The Morgan fingerprint density at radius 2 is 1.79 bits per heavy atom. The number of aryl methyl sites for hydroxylation is 2. The maximum absolute atomic E-state index is 12.9. The zero-order valence-corrected chi connectivity index (χ0v) is 18.0. The lowest BCUT2D eigenvalue weighted by atomic mass is 9.78. The molecule has 4 rings (SSSR count). The quantitative estimate of drug-likeness (QED) is 0.776. The van der Waals surface area contributed by atoms with E-state index in [4.69, 9.17) is 4.74 Å². The van der Waals surface area contributed by atoms with Crippen LogP contribution in [-0.2, 0) is 0 Å². The largest absolute Gasteiger partial charge is 0.486 e. The number of aromatic nitrogens is 1. The van der Waals surface area contributed by atoms with Gasteiger partial charge in [-0.25, -0.2) is 0 Å². The molecule has 2 aromatic rings. The molecule has 1 aliphatic carbocycles. The molecule has 1 saturated heterocycles. The average molecular weight is 413 g/mol. The first-order chi connectivity index (χ1) is 13.9. The van der Waals surface area contributed by atoms with Gasteiger partial charge in [-0.3, -0.25) is 9.78 Å². The van der Waals surface area contributed by atoms with Crippen molar-refractivity contribution in [1.29, 1.82) is 0 Å². The van der Waals surface area contributed by atoms with E-state index in [2.05, 4.69) is 4.98 Å². The minimum atomic E-state index is -0.520. The van der Waals surface area contributed by atoms with E-state index in [9.17, 15) is 9.90 Å². The van der Waals surface area contributed by atoms with Gasteiger partial charge in [0.05, 0.1) is 11.8 Å². The Labute approximate surface area is 176 Å². The van der Waals surface area contributed by atoms with E-state index in [0.717, 1.165) is 40.6 Å². The Hall–Kier alpha value is -2.05. The van der Waals surface area contributed by atoms with Crippen molar-refractivity contribution in [1.82, 2.24) is 9.88 Å². The Bertz CT molecular complexity index is 886. The first-order valence-electron chi connectivity index (χ1n) is 10.2. The molecule has 2 fully saturated rings. The summed E-state index contributed by atoms with van der Waals surface area (Å²) in [5.41, 5.74) is 2.53. The summed E-state index contributed by atoms with van der Waals surface area (Å²) in [5, 5.41) is 10.7. The molecule has 1 aromatic carbocycles. The molecule has 0 unspecified atom stereocenters. The molecule has 1 saturated carbocycles. The average Bonchev–Trinajstić information content (AvgIpc) is 3.12. The number of aliphatic hydroxyl groups excluding tert-OH is 1. The first-order valence-corrected chi connectivity index (χ1v) is 11.4. The third-order valence-corrected chi connectivity index (χ3v) is 6.91. The van der Waals surface area contributed by atoms with Gasteiger partial charge in [-0.2, -0.15) is 0 Å². The number of pyridine rings is 1. The zero-order valence-electron chi connectivity index (χ0n) is 17.2. The summed E-state index contributed by atoms with van der Waals surface area (Å²) in [6.07, 6.45) is 2.68. The van der Waals surface area contributed by atoms with Crippen LogP contribution in [0.2, 0.25) is 0 Å². The van der Waals surface area contributed by atoms with E-state index < -0.39 is 6.10 Å². The zero-order chi connectivity index (χ0) is 20.5. The Morgan fingerprint density at radius 3 is 2.45 bits per heavy atom. The third-order valence-electron chi connectivity index (χ3n) is 6.16. The molecule has 6 heteroatoms. The summed E-state index contributed by atoms with van der Waals surface area (Å²) in [4.78, 5) is 20.5. The third kappa shape index (κ3) is 4.28. The molecular formula is C23H28N2O3S. The number of carbonyl (C=O) groups is 1. The lowest BCUT2D eigenvalue weighted by Crippen LogP contribution is -2.42. The molecule has 4 atom stereocenters. The molecule has 5 nitrogen and oxygen atoms in total. The van der Waals surface area contributed by atoms with Crippen molar-refractivity contribution in [2.24, 2.45) is 11.8 Å². The van der Waals surface area contributed by atoms with Gasteiger partial charge >= 0.3 is 0 Å². The van der Waals surface area contributed by atoms with Crippen molar-refractivity contribution in [2.75, 3.05) is 19.3 Å². The molecule has 2 aliphatic rings. The van der Waals surface area contributed by atoms with E-state index in [-0.39, 0.29) is 12.0 Å². The molecular weight excluding hydrogens is 384 g/mol. The summed E-state index contributed by atoms with van der Waals surface area (Å²) >= 11 is 1.67.